The summed E-state index contributed by atoms with van der Waals surface area (Å²) in [5.41, 5.74) is 0.421. The van der Waals surface area contributed by atoms with Gasteiger partial charge in [0.2, 0.25) is 0 Å². The maximum Gasteiger partial charge on any atom is 0.272 e. The fourth-order valence-electron chi connectivity index (χ4n) is 1.56. The first-order chi connectivity index (χ1) is 7.27. The van der Waals surface area contributed by atoms with Crippen LogP contribution < -0.4 is 5.32 Å². The Morgan fingerprint density at radius 3 is 2.80 bits per heavy atom. The Morgan fingerprint density at radius 2 is 2.13 bits per heavy atom. The van der Waals surface area contributed by atoms with E-state index >= 15 is 0 Å². The molecule has 0 aromatic carbocycles. The predicted octanol–water partition coefficient (Wildman–Crippen LogP) is 0.780. The van der Waals surface area contributed by atoms with Gasteiger partial charge in [-0.05, 0) is 12.1 Å². The van der Waals surface area contributed by atoms with Crippen LogP contribution in [0.4, 0.5) is 0 Å². The molecule has 1 N–H and O–H groups in total. The number of hydrogen-bond donors (Lipinski definition) is 1. The van der Waals surface area contributed by atoms with Crippen molar-refractivity contribution >= 4 is 17.5 Å². The maximum absolute atomic E-state index is 11.9. The van der Waals surface area contributed by atoms with E-state index in [1.54, 1.807) is 23.1 Å². The molecule has 1 aromatic heterocycles. The molecule has 0 spiro atoms. The van der Waals surface area contributed by atoms with E-state index in [4.69, 9.17) is 11.6 Å². The summed E-state index contributed by atoms with van der Waals surface area (Å²) in [7, 11) is 0. The number of amides is 1. The summed E-state index contributed by atoms with van der Waals surface area (Å²) >= 11 is 5.73. The van der Waals surface area contributed by atoms with Gasteiger partial charge < -0.3 is 10.2 Å². The van der Waals surface area contributed by atoms with E-state index < -0.39 is 0 Å². The van der Waals surface area contributed by atoms with Crippen LogP contribution in [0.15, 0.2) is 18.2 Å². The Morgan fingerprint density at radius 1 is 1.40 bits per heavy atom. The number of aromatic nitrogens is 1. The average molecular weight is 226 g/mol. The third-order valence-corrected chi connectivity index (χ3v) is 2.55. The highest BCUT2D eigenvalue weighted by molar-refractivity contribution is 6.29. The monoisotopic (exact) mass is 225 g/mol. The number of hydrogen-bond acceptors (Lipinski definition) is 3. The summed E-state index contributed by atoms with van der Waals surface area (Å²) in [5, 5.41) is 3.55. The van der Waals surface area contributed by atoms with E-state index in [2.05, 4.69) is 10.3 Å². The highest BCUT2D eigenvalue weighted by atomic mass is 35.5. The SMILES string of the molecule is O=C(c1cccc(Cl)n1)N1CCNCC1. The number of nitrogens with zero attached hydrogens (tertiary/aromatic N) is 2. The van der Waals surface area contributed by atoms with Gasteiger partial charge in [0.25, 0.3) is 5.91 Å². The van der Waals surface area contributed by atoms with Crippen molar-refractivity contribution in [2.24, 2.45) is 0 Å². The molecular formula is C10H12ClN3O. The van der Waals surface area contributed by atoms with Gasteiger partial charge in [0, 0.05) is 26.2 Å². The summed E-state index contributed by atoms with van der Waals surface area (Å²) in [6.45, 7) is 3.14. The normalized spacial score (nSPS) is 16.5. The first kappa shape index (κ1) is 10.4. The summed E-state index contributed by atoms with van der Waals surface area (Å²) < 4.78 is 0. The lowest BCUT2D eigenvalue weighted by Crippen LogP contribution is -2.46. The fourth-order valence-corrected chi connectivity index (χ4v) is 1.72. The average Bonchev–Trinajstić information content (AvgIpc) is 2.29. The zero-order valence-electron chi connectivity index (χ0n) is 8.24. The number of carbonyl (C=O) groups excluding carboxylic acids is 1. The van der Waals surface area contributed by atoms with E-state index in [9.17, 15) is 4.79 Å². The second-order valence-corrected chi connectivity index (χ2v) is 3.78. The second kappa shape index (κ2) is 4.59. The van der Waals surface area contributed by atoms with Crippen LogP contribution in [0, 0.1) is 0 Å². The van der Waals surface area contributed by atoms with Crippen LogP contribution in [0.1, 0.15) is 10.5 Å². The minimum atomic E-state index is -0.0426. The van der Waals surface area contributed by atoms with E-state index in [1.807, 2.05) is 0 Å². The smallest absolute Gasteiger partial charge is 0.272 e. The molecule has 1 aliphatic heterocycles. The Kier molecular flexibility index (Phi) is 3.18. The molecule has 2 heterocycles. The number of halogens is 1. The van der Waals surface area contributed by atoms with Gasteiger partial charge in [-0.1, -0.05) is 17.7 Å². The van der Waals surface area contributed by atoms with Crippen molar-refractivity contribution in [2.45, 2.75) is 0 Å². The number of nitrogens with one attached hydrogen (secondary N) is 1. The van der Waals surface area contributed by atoms with Crippen LogP contribution in [0.5, 0.6) is 0 Å². The molecule has 5 heteroatoms. The summed E-state index contributed by atoms with van der Waals surface area (Å²) in [4.78, 5) is 17.7. The lowest BCUT2D eigenvalue weighted by molar-refractivity contribution is 0.0730. The van der Waals surface area contributed by atoms with E-state index in [-0.39, 0.29) is 5.91 Å². The fraction of sp³-hybridized carbons (Fsp3) is 0.400. The van der Waals surface area contributed by atoms with Gasteiger partial charge in [0.1, 0.15) is 10.8 Å². The van der Waals surface area contributed by atoms with Gasteiger partial charge in [-0.15, -0.1) is 0 Å². The molecule has 4 nitrogen and oxygen atoms in total. The summed E-state index contributed by atoms with van der Waals surface area (Å²) in [5.74, 6) is -0.0426. The zero-order valence-corrected chi connectivity index (χ0v) is 9.00. The van der Waals surface area contributed by atoms with Crippen molar-refractivity contribution in [3.63, 3.8) is 0 Å². The van der Waals surface area contributed by atoms with Gasteiger partial charge in [-0.2, -0.15) is 0 Å². The van der Waals surface area contributed by atoms with Crippen LogP contribution >= 0.6 is 11.6 Å². The van der Waals surface area contributed by atoms with Crippen LogP contribution in [-0.4, -0.2) is 42.0 Å². The molecule has 80 valence electrons. The number of pyridine rings is 1. The minimum absolute atomic E-state index is 0.0426. The quantitative estimate of drug-likeness (QED) is 0.719. The molecule has 0 unspecified atom stereocenters. The predicted molar refractivity (Wildman–Crippen MR) is 58.0 cm³/mol. The third-order valence-electron chi connectivity index (χ3n) is 2.34. The van der Waals surface area contributed by atoms with Crippen molar-refractivity contribution in [3.8, 4) is 0 Å². The van der Waals surface area contributed by atoms with Crippen LogP contribution in [0.25, 0.3) is 0 Å². The first-order valence-corrected chi connectivity index (χ1v) is 5.28. The summed E-state index contributed by atoms with van der Waals surface area (Å²) in [6, 6.07) is 5.09. The van der Waals surface area contributed by atoms with Gasteiger partial charge >= 0.3 is 0 Å². The highest BCUT2D eigenvalue weighted by Crippen LogP contribution is 2.08. The first-order valence-electron chi connectivity index (χ1n) is 4.90. The van der Waals surface area contributed by atoms with E-state index in [1.165, 1.54) is 0 Å². The molecule has 1 aromatic rings. The number of piperazine rings is 1. The van der Waals surface area contributed by atoms with Crippen molar-refractivity contribution in [1.82, 2.24) is 15.2 Å². The van der Waals surface area contributed by atoms with Gasteiger partial charge in [0.15, 0.2) is 0 Å². The lowest BCUT2D eigenvalue weighted by atomic mass is 10.3. The molecular weight excluding hydrogens is 214 g/mol. The molecule has 1 amide bonds. The van der Waals surface area contributed by atoms with E-state index in [0.29, 0.717) is 10.8 Å². The van der Waals surface area contributed by atoms with Gasteiger partial charge in [0.05, 0.1) is 0 Å². The molecule has 0 saturated carbocycles. The molecule has 1 aliphatic rings. The minimum Gasteiger partial charge on any atom is -0.335 e. The van der Waals surface area contributed by atoms with Gasteiger partial charge in [-0.3, -0.25) is 4.79 Å². The third kappa shape index (κ3) is 2.46. The van der Waals surface area contributed by atoms with Crippen molar-refractivity contribution in [1.29, 1.82) is 0 Å². The van der Waals surface area contributed by atoms with E-state index in [0.717, 1.165) is 26.2 Å². The molecule has 1 fully saturated rings. The Hall–Kier alpha value is -1.13. The largest absolute Gasteiger partial charge is 0.335 e. The van der Waals surface area contributed by atoms with Crippen molar-refractivity contribution < 1.29 is 4.79 Å². The Balaban J connectivity index is 2.12. The number of carbonyl (C=O) groups is 1. The highest BCUT2D eigenvalue weighted by Gasteiger charge is 2.18. The molecule has 1 saturated heterocycles. The molecule has 0 atom stereocenters. The maximum atomic E-state index is 11.9. The van der Waals surface area contributed by atoms with Crippen LogP contribution in [-0.2, 0) is 0 Å². The Labute approximate surface area is 93.2 Å². The Bertz CT molecular complexity index is 363. The lowest BCUT2D eigenvalue weighted by Gasteiger charge is -2.27. The molecule has 0 bridgehead atoms. The molecule has 15 heavy (non-hydrogen) atoms. The van der Waals surface area contributed by atoms with Crippen LogP contribution in [0.2, 0.25) is 5.15 Å². The topological polar surface area (TPSA) is 45.2 Å². The van der Waals surface area contributed by atoms with Crippen LogP contribution in [0.3, 0.4) is 0 Å². The van der Waals surface area contributed by atoms with Gasteiger partial charge in [-0.25, -0.2) is 4.98 Å². The molecule has 0 radical (unpaired) electrons. The standard InChI is InChI=1S/C10H12ClN3O/c11-9-3-1-2-8(13-9)10(15)14-6-4-12-5-7-14/h1-3,12H,4-7H2. The van der Waals surface area contributed by atoms with Crippen molar-refractivity contribution in [3.05, 3.63) is 29.0 Å². The molecule has 2 rings (SSSR count). The number of rotatable bonds is 1. The van der Waals surface area contributed by atoms with Crippen molar-refractivity contribution in [2.75, 3.05) is 26.2 Å². The molecule has 0 aliphatic carbocycles. The zero-order chi connectivity index (χ0) is 10.7. The summed E-state index contributed by atoms with van der Waals surface area (Å²) in [6.07, 6.45) is 0. The second-order valence-electron chi connectivity index (χ2n) is 3.39.